The molecule has 0 saturated heterocycles. The first-order chi connectivity index (χ1) is 9.62. The highest BCUT2D eigenvalue weighted by Gasteiger charge is 2.26. The van der Waals surface area contributed by atoms with Gasteiger partial charge in [-0.05, 0) is 18.4 Å². The molecule has 122 valence electrons. The zero-order valence-corrected chi connectivity index (χ0v) is 15.4. The molecule has 0 fully saturated rings. The van der Waals surface area contributed by atoms with Crippen LogP contribution in [0.3, 0.4) is 0 Å². The minimum absolute atomic E-state index is 0.171. The van der Waals surface area contributed by atoms with E-state index in [9.17, 15) is 0 Å². The van der Waals surface area contributed by atoms with Crippen molar-refractivity contribution in [1.82, 2.24) is 15.5 Å². The predicted molar refractivity (Wildman–Crippen MR) is 90.6 cm³/mol. The Morgan fingerprint density at radius 2 is 1.86 bits per heavy atom. The molecule has 0 aliphatic rings. The van der Waals surface area contributed by atoms with E-state index in [2.05, 4.69) is 63.9 Å². The van der Waals surface area contributed by atoms with E-state index in [4.69, 9.17) is 4.52 Å². The highest BCUT2D eigenvalue weighted by atomic mass is 32.2. The summed E-state index contributed by atoms with van der Waals surface area (Å²) in [6, 6.07) is 0.348. The van der Waals surface area contributed by atoms with Crippen molar-refractivity contribution in [2.45, 2.75) is 77.8 Å². The number of hydrogen-bond acceptors (Lipinski definition) is 5. The summed E-state index contributed by atoms with van der Waals surface area (Å²) >= 11 is 1.84. The molecule has 0 bridgehead atoms. The van der Waals surface area contributed by atoms with Crippen LogP contribution in [0.15, 0.2) is 4.52 Å². The van der Waals surface area contributed by atoms with Crippen molar-refractivity contribution < 1.29 is 4.52 Å². The standard InChI is InChI=1S/C16H31N3OS/c1-8-9-17-12(15(2,3)4)10-14-18-13(19-20-14)11-21-16(5,6)7/h12,17H,8-11H2,1-7H3. The molecule has 0 saturated carbocycles. The van der Waals surface area contributed by atoms with Gasteiger partial charge < -0.3 is 9.84 Å². The van der Waals surface area contributed by atoms with Crippen LogP contribution in [0, 0.1) is 5.41 Å². The lowest BCUT2D eigenvalue weighted by Crippen LogP contribution is -2.42. The van der Waals surface area contributed by atoms with Gasteiger partial charge in [-0.1, -0.05) is 53.6 Å². The van der Waals surface area contributed by atoms with Gasteiger partial charge in [0.2, 0.25) is 5.89 Å². The number of rotatable bonds is 7. The van der Waals surface area contributed by atoms with Crippen LogP contribution in [0.5, 0.6) is 0 Å². The van der Waals surface area contributed by atoms with Gasteiger partial charge in [0.15, 0.2) is 5.82 Å². The molecule has 21 heavy (non-hydrogen) atoms. The van der Waals surface area contributed by atoms with E-state index < -0.39 is 0 Å². The average molecular weight is 314 g/mol. The van der Waals surface area contributed by atoms with Crippen LogP contribution < -0.4 is 5.32 Å². The van der Waals surface area contributed by atoms with Gasteiger partial charge in [0.05, 0.1) is 5.75 Å². The molecule has 1 unspecified atom stereocenters. The third-order valence-electron chi connectivity index (χ3n) is 3.21. The van der Waals surface area contributed by atoms with Crippen molar-refractivity contribution in [1.29, 1.82) is 0 Å². The maximum Gasteiger partial charge on any atom is 0.228 e. The molecule has 1 N–H and O–H groups in total. The first kappa shape index (κ1) is 18.5. The Morgan fingerprint density at radius 1 is 1.19 bits per heavy atom. The summed E-state index contributed by atoms with van der Waals surface area (Å²) in [7, 11) is 0. The molecule has 0 aromatic carbocycles. The first-order valence-corrected chi connectivity index (χ1v) is 8.79. The second-order valence-corrected chi connectivity index (χ2v) is 9.38. The predicted octanol–water partition coefficient (Wildman–Crippen LogP) is 4.06. The van der Waals surface area contributed by atoms with E-state index in [1.165, 1.54) is 0 Å². The minimum atomic E-state index is 0.171. The Kier molecular flexibility index (Phi) is 6.72. The SMILES string of the molecule is CCCNC(Cc1nc(CSC(C)(C)C)no1)C(C)(C)C. The summed E-state index contributed by atoms with van der Waals surface area (Å²) < 4.78 is 5.64. The molecule has 1 heterocycles. The number of thioether (sulfide) groups is 1. The fourth-order valence-electron chi connectivity index (χ4n) is 1.89. The zero-order valence-electron chi connectivity index (χ0n) is 14.6. The van der Waals surface area contributed by atoms with Gasteiger partial charge in [-0.25, -0.2) is 0 Å². The van der Waals surface area contributed by atoms with Crippen LogP contribution in [0.1, 0.15) is 66.6 Å². The molecular weight excluding hydrogens is 282 g/mol. The molecule has 4 nitrogen and oxygen atoms in total. The van der Waals surface area contributed by atoms with E-state index in [-0.39, 0.29) is 10.2 Å². The largest absolute Gasteiger partial charge is 0.339 e. The maximum atomic E-state index is 5.42. The highest BCUT2D eigenvalue weighted by Crippen LogP contribution is 2.27. The van der Waals surface area contributed by atoms with E-state index in [0.29, 0.717) is 6.04 Å². The van der Waals surface area contributed by atoms with Gasteiger partial charge in [0, 0.05) is 17.2 Å². The molecule has 0 amide bonds. The number of nitrogens with one attached hydrogen (secondary N) is 1. The summed E-state index contributed by atoms with van der Waals surface area (Å²) in [5.41, 5.74) is 0.171. The molecule has 0 spiro atoms. The molecule has 1 rings (SSSR count). The summed E-state index contributed by atoms with van der Waals surface area (Å²) in [4.78, 5) is 4.54. The number of nitrogens with zero attached hydrogens (tertiary/aromatic N) is 2. The lowest BCUT2D eigenvalue weighted by Gasteiger charge is -2.30. The minimum Gasteiger partial charge on any atom is -0.339 e. The van der Waals surface area contributed by atoms with Crippen LogP contribution in [0.4, 0.5) is 0 Å². The second-order valence-electron chi connectivity index (χ2n) is 7.58. The highest BCUT2D eigenvalue weighted by molar-refractivity contribution is 7.99. The zero-order chi connectivity index (χ0) is 16.1. The van der Waals surface area contributed by atoms with Crippen molar-refractivity contribution in [3.8, 4) is 0 Å². The van der Waals surface area contributed by atoms with Crippen molar-refractivity contribution in [3.05, 3.63) is 11.7 Å². The Hall–Kier alpha value is -0.550. The molecule has 1 atom stereocenters. The van der Waals surface area contributed by atoms with Gasteiger partial charge in [0.1, 0.15) is 0 Å². The lowest BCUT2D eigenvalue weighted by atomic mass is 9.84. The van der Waals surface area contributed by atoms with Crippen molar-refractivity contribution in [2.24, 2.45) is 5.41 Å². The van der Waals surface area contributed by atoms with E-state index in [1.807, 2.05) is 11.8 Å². The third kappa shape index (κ3) is 7.32. The van der Waals surface area contributed by atoms with Crippen LogP contribution in [-0.4, -0.2) is 27.5 Å². The molecule has 1 aromatic heterocycles. The third-order valence-corrected chi connectivity index (χ3v) is 4.48. The maximum absolute atomic E-state index is 5.42. The Labute approximate surface area is 133 Å². The monoisotopic (exact) mass is 313 g/mol. The molecule has 0 aliphatic heterocycles. The van der Waals surface area contributed by atoms with Crippen molar-refractivity contribution in [3.63, 3.8) is 0 Å². The number of hydrogen-bond donors (Lipinski definition) is 1. The van der Waals surface area contributed by atoms with Gasteiger partial charge in [-0.2, -0.15) is 4.98 Å². The smallest absolute Gasteiger partial charge is 0.228 e. The Bertz CT molecular complexity index is 418. The van der Waals surface area contributed by atoms with Crippen molar-refractivity contribution in [2.75, 3.05) is 6.54 Å². The molecular formula is C16H31N3OS. The van der Waals surface area contributed by atoms with Crippen LogP contribution in [-0.2, 0) is 12.2 Å². The fourth-order valence-corrected chi connectivity index (χ4v) is 2.57. The summed E-state index contributed by atoms with van der Waals surface area (Å²) in [5.74, 6) is 2.34. The van der Waals surface area contributed by atoms with E-state index in [0.717, 1.165) is 36.9 Å². The van der Waals surface area contributed by atoms with Crippen LogP contribution in [0.2, 0.25) is 0 Å². The van der Waals surface area contributed by atoms with E-state index in [1.54, 1.807) is 0 Å². The normalized spacial score (nSPS) is 14.4. The summed E-state index contributed by atoms with van der Waals surface area (Å²) in [6.45, 7) is 16.5. The fraction of sp³-hybridized carbons (Fsp3) is 0.875. The quantitative estimate of drug-likeness (QED) is 0.822. The summed E-state index contributed by atoms with van der Waals surface area (Å²) in [5, 5.41) is 7.69. The lowest BCUT2D eigenvalue weighted by molar-refractivity contribution is 0.244. The number of aromatic nitrogens is 2. The Morgan fingerprint density at radius 3 is 2.38 bits per heavy atom. The topological polar surface area (TPSA) is 51.0 Å². The average Bonchev–Trinajstić information content (AvgIpc) is 2.77. The summed E-state index contributed by atoms with van der Waals surface area (Å²) in [6.07, 6.45) is 1.92. The van der Waals surface area contributed by atoms with Gasteiger partial charge in [-0.3, -0.25) is 0 Å². The molecule has 5 heteroatoms. The molecule has 0 radical (unpaired) electrons. The first-order valence-electron chi connectivity index (χ1n) is 7.80. The molecule has 1 aromatic rings. The second kappa shape index (κ2) is 7.63. The van der Waals surface area contributed by atoms with E-state index >= 15 is 0 Å². The van der Waals surface area contributed by atoms with Crippen molar-refractivity contribution >= 4 is 11.8 Å². The van der Waals surface area contributed by atoms with Crippen LogP contribution >= 0.6 is 11.8 Å². The van der Waals surface area contributed by atoms with Gasteiger partial charge in [-0.15, -0.1) is 11.8 Å². The van der Waals surface area contributed by atoms with Crippen LogP contribution in [0.25, 0.3) is 0 Å². The Balaban J connectivity index is 2.62. The van der Waals surface area contributed by atoms with Gasteiger partial charge in [0.25, 0.3) is 0 Å². The van der Waals surface area contributed by atoms with Gasteiger partial charge >= 0.3 is 0 Å². The molecule has 0 aliphatic carbocycles.